The van der Waals surface area contributed by atoms with Gasteiger partial charge in [-0.05, 0) is 43.2 Å². The molecule has 1 saturated carbocycles. The maximum atomic E-state index is 13.5. The summed E-state index contributed by atoms with van der Waals surface area (Å²) in [6, 6.07) is 3.16. The number of rotatable bonds is 5. The van der Waals surface area contributed by atoms with Crippen molar-refractivity contribution in [1.82, 2.24) is 19.1 Å². The number of aromatic nitrogens is 1. The second kappa shape index (κ2) is 8.86. The second-order valence-electron chi connectivity index (χ2n) is 9.24. The van der Waals surface area contributed by atoms with E-state index >= 15 is 0 Å². The average Bonchev–Trinajstić information content (AvgIpc) is 3.43. The van der Waals surface area contributed by atoms with E-state index in [-0.39, 0.29) is 35.2 Å². The predicted octanol–water partition coefficient (Wildman–Crippen LogP) is 1.73. The third-order valence-electron chi connectivity index (χ3n) is 7.24. The van der Waals surface area contributed by atoms with E-state index in [9.17, 15) is 18.0 Å². The van der Waals surface area contributed by atoms with Crippen LogP contribution < -0.4 is 0 Å². The van der Waals surface area contributed by atoms with E-state index < -0.39 is 15.9 Å². The van der Waals surface area contributed by atoms with E-state index in [1.807, 2.05) is 4.90 Å². The van der Waals surface area contributed by atoms with Crippen LogP contribution in [0.1, 0.15) is 44.9 Å². The average molecular weight is 449 g/mol. The smallest absolute Gasteiger partial charge is 0.244 e. The summed E-state index contributed by atoms with van der Waals surface area (Å²) in [6.07, 6.45) is 9.73. The van der Waals surface area contributed by atoms with Crippen molar-refractivity contribution in [3.05, 3.63) is 24.5 Å². The molecule has 170 valence electrons. The maximum absolute atomic E-state index is 13.5. The van der Waals surface area contributed by atoms with Crippen molar-refractivity contribution < 1.29 is 18.0 Å². The Balaban J connectivity index is 1.54. The summed E-state index contributed by atoms with van der Waals surface area (Å²) in [5.41, 5.74) is -0.352. The molecule has 0 radical (unpaired) electrons. The van der Waals surface area contributed by atoms with Crippen LogP contribution >= 0.6 is 0 Å². The van der Waals surface area contributed by atoms with Gasteiger partial charge in [-0.3, -0.25) is 14.6 Å². The van der Waals surface area contributed by atoms with Crippen LogP contribution in [0.5, 0.6) is 0 Å². The molecule has 0 aromatic carbocycles. The molecule has 1 spiro atoms. The van der Waals surface area contributed by atoms with Crippen LogP contribution in [0.4, 0.5) is 0 Å². The first kappa shape index (κ1) is 22.2. The van der Waals surface area contributed by atoms with Gasteiger partial charge in [-0.15, -0.1) is 0 Å². The molecule has 4 rings (SSSR count). The van der Waals surface area contributed by atoms with Gasteiger partial charge in [0, 0.05) is 45.6 Å². The van der Waals surface area contributed by atoms with Gasteiger partial charge >= 0.3 is 0 Å². The number of amides is 2. The Labute approximate surface area is 184 Å². The van der Waals surface area contributed by atoms with Gasteiger partial charge in [0.05, 0.1) is 12.5 Å². The highest BCUT2D eigenvalue weighted by Gasteiger charge is 2.53. The minimum atomic E-state index is -3.72. The number of hydrogen-bond donors (Lipinski definition) is 0. The van der Waals surface area contributed by atoms with Crippen LogP contribution in [0.2, 0.25) is 0 Å². The largest absolute Gasteiger partial charge is 0.341 e. The molecule has 2 aliphatic heterocycles. The number of sulfonamides is 1. The van der Waals surface area contributed by atoms with Gasteiger partial charge in [-0.1, -0.05) is 19.3 Å². The van der Waals surface area contributed by atoms with Crippen molar-refractivity contribution in [2.75, 3.05) is 39.8 Å². The number of likely N-dealkylation sites (tertiary alicyclic amines) is 1. The fourth-order valence-electron chi connectivity index (χ4n) is 5.47. The lowest BCUT2D eigenvalue weighted by atomic mass is 9.67. The van der Waals surface area contributed by atoms with Crippen LogP contribution in [0.15, 0.2) is 29.4 Å². The van der Waals surface area contributed by atoms with Gasteiger partial charge in [-0.2, -0.15) is 4.31 Å². The van der Waals surface area contributed by atoms with E-state index in [1.54, 1.807) is 25.4 Å². The number of carbonyl (C=O) groups excluding carboxylic acids is 2. The topological polar surface area (TPSA) is 90.9 Å². The quantitative estimate of drug-likeness (QED) is 0.684. The highest BCUT2D eigenvalue weighted by Crippen LogP contribution is 2.49. The first-order valence-corrected chi connectivity index (χ1v) is 12.7. The zero-order chi connectivity index (χ0) is 22.1. The number of likely N-dealkylation sites (N-methyl/N-ethyl adjacent to an activating group) is 1. The summed E-state index contributed by atoms with van der Waals surface area (Å²) < 4.78 is 28.0. The second-order valence-corrected chi connectivity index (χ2v) is 11.2. The van der Waals surface area contributed by atoms with Gasteiger partial charge in [0.1, 0.15) is 4.90 Å². The molecule has 3 aliphatic rings. The van der Waals surface area contributed by atoms with Crippen LogP contribution in [-0.4, -0.2) is 79.1 Å². The van der Waals surface area contributed by atoms with E-state index in [0.717, 1.165) is 58.0 Å². The summed E-state index contributed by atoms with van der Waals surface area (Å²) in [7, 11) is -2.05. The molecular weight excluding hydrogens is 416 g/mol. The molecule has 1 atom stereocenters. The molecule has 2 amide bonds. The maximum Gasteiger partial charge on any atom is 0.244 e. The molecule has 1 aromatic heterocycles. The number of nitrogens with zero attached hydrogens (tertiary/aromatic N) is 4. The summed E-state index contributed by atoms with van der Waals surface area (Å²) in [6.45, 7) is 2.09. The SMILES string of the molecule is CN(CC(=O)N1CCCC1)C(=O)C1CN(S(=O)(=O)c2cccnc2)CC12CCCCC2. The molecule has 3 heterocycles. The molecule has 1 unspecified atom stereocenters. The van der Waals surface area contributed by atoms with Crippen LogP contribution in [0, 0.1) is 11.3 Å². The number of hydrogen-bond acceptors (Lipinski definition) is 5. The normalized spacial score (nSPS) is 23.9. The van der Waals surface area contributed by atoms with Gasteiger partial charge in [0.15, 0.2) is 0 Å². The van der Waals surface area contributed by atoms with E-state index in [4.69, 9.17) is 0 Å². The standard InChI is InChI=1S/C22H32N4O4S/c1-24(16-20(27)25-12-5-6-13-25)21(28)19-15-26(17-22(19)9-3-2-4-10-22)31(29,30)18-8-7-11-23-14-18/h7-8,11,14,19H,2-6,9-10,12-13,15-17H2,1H3. The van der Waals surface area contributed by atoms with E-state index in [2.05, 4.69) is 4.98 Å². The van der Waals surface area contributed by atoms with Crippen molar-refractivity contribution in [3.8, 4) is 0 Å². The minimum Gasteiger partial charge on any atom is -0.341 e. The summed E-state index contributed by atoms with van der Waals surface area (Å²) in [5.74, 6) is -0.558. The number of pyridine rings is 1. The molecule has 1 aliphatic carbocycles. The lowest BCUT2D eigenvalue weighted by Crippen LogP contribution is -2.46. The summed E-state index contributed by atoms with van der Waals surface area (Å²) in [4.78, 5) is 33.5. The van der Waals surface area contributed by atoms with Gasteiger partial charge in [0.2, 0.25) is 21.8 Å². The van der Waals surface area contributed by atoms with E-state index in [0.29, 0.717) is 6.54 Å². The Hall–Kier alpha value is -2.00. The van der Waals surface area contributed by atoms with Crippen LogP contribution in [-0.2, 0) is 19.6 Å². The highest BCUT2D eigenvalue weighted by atomic mass is 32.2. The lowest BCUT2D eigenvalue weighted by Gasteiger charge is -2.38. The van der Waals surface area contributed by atoms with Crippen molar-refractivity contribution in [2.45, 2.75) is 49.8 Å². The molecule has 2 saturated heterocycles. The molecule has 9 heteroatoms. The predicted molar refractivity (Wildman–Crippen MR) is 115 cm³/mol. The zero-order valence-corrected chi connectivity index (χ0v) is 19.0. The Morgan fingerprint density at radius 2 is 1.87 bits per heavy atom. The van der Waals surface area contributed by atoms with Crippen molar-refractivity contribution >= 4 is 21.8 Å². The summed E-state index contributed by atoms with van der Waals surface area (Å²) >= 11 is 0. The third kappa shape index (κ3) is 4.35. The van der Waals surface area contributed by atoms with Crippen molar-refractivity contribution in [2.24, 2.45) is 11.3 Å². The van der Waals surface area contributed by atoms with E-state index in [1.165, 1.54) is 15.4 Å². The highest BCUT2D eigenvalue weighted by molar-refractivity contribution is 7.89. The fourth-order valence-corrected chi connectivity index (χ4v) is 6.99. The summed E-state index contributed by atoms with van der Waals surface area (Å²) in [5, 5.41) is 0. The van der Waals surface area contributed by atoms with Crippen LogP contribution in [0.3, 0.4) is 0 Å². The first-order chi connectivity index (χ1) is 14.8. The van der Waals surface area contributed by atoms with Gasteiger partial charge in [0.25, 0.3) is 0 Å². The fraction of sp³-hybridized carbons (Fsp3) is 0.682. The van der Waals surface area contributed by atoms with Crippen LogP contribution in [0.25, 0.3) is 0 Å². The third-order valence-corrected chi connectivity index (χ3v) is 9.04. The minimum absolute atomic E-state index is 0.0242. The molecule has 8 nitrogen and oxygen atoms in total. The van der Waals surface area contributed by atoms with Crippen molar-refractivity contribution in [3.63, 3.8) is 0 Å². The molecule has 0 N–H and O–H groups in total. The first-order valence-electron chi connectivity index (χ1n) is 11.3. The lowest BCUT2D eigenvalue weighted by molar-refractivity contribution is -0.143. The molecule has 0 bridgehead atoms. The molecule has 3 fully saturated rings. The Bertz CT molecular complexity index is 909. The molecular formula is C22H32N4O4S. The monoisotopic (exact) mass is 448 g/mol. The molecule has 1 aromatic rings. The number of carbonyl (C=O) groups is 2. The van der Waals surface area contributed by atoms with Crippen molar-refractivity contribution in [1.29, 1.82) is 0 Å². The molecule has 31 heavy (non-hydrogen) atoms. The van der Waals surface area contributed by atoms with Gasteiger partial charge < -0.3 is 9.80 Å². The Morgan fingerprint density at radius 3 is 2.52 bits per heavy atom. The Morgan fingerprint density at radius 1 is 1.16 bits per heavy atom. The Kier molecular flexibility index (Phi) is 6.35. The zero-order valence-electron chi connectivity index (χ0n) is 18.2. The van der Waals surface area contributed by atoms with Gasteiger partial charge in [-0.25, -0.2) is 8.42 Å².